The Kier molecular flexibility index (Phi) is 5.45. The molecule has 0 saturated heterocycles. The molecule has 2 aliphatic carbocycles. The van der Waals surface area contributed by atoms with Gasteiger partial charge < -0.3 is 13.7 Å². The Hall–Kier alpha value is -1.98. The lowest BCUT2D eigenvalue weighted by Gasteiger charge is -2.32. The summed E-state index contributed by atoms with van der Waals surface area (Å²) in [5.74, 6) is -0.989. The van der Waals surface area contributed by atoms with Gasteiger partial charge in [0.15, 0.2) is 0 Å². The van der Waals surface area contributed by atoms with E-state index in [1.54, 1.807) is 41.5 Å². The van der Waals surface area contributed by atoms with Gasteiger partial charge >= 0.3 is 27.8 Å². The summed E-state index contributed by atoms with van der Waals surface area (Å²) in [5.41, 5.74) is -8.87. The molecule has 0 bridgehead atoms. The lowest BCUT2D eigenvalue weighted by Crippen LogP contribution is -2.50. The number of amides is 2. The Balaban J connectivity index is 2.35. The summed E-state index contributed by atoms with van der Waals surface area (Å²) >= 11 is 0. The van der Waals surface area contributed by atoms with Gasteiger partial charge in [-0.25, -0.2) is 14.5 Å². The lowest BCUT2D eigenvalue weighted by atomic mass is 10.2. The van der Waals surface area contributed by atoms with Crippen molar-refractivity contribution in [3.8, 4) is 0 Å². The van der Waals surface area contributed by atoms with E-state index in [0.717, 1.165) is 6.08 Å². The third kappa shape index (κ3) is 5.14. The Morgan fingerprint density at radius 2 is 1.48 bits per heavy atom. The summed E-state index contributed by atoms with van der Waals surface area (Å²) in [6.07, 6.45) is -1.01. The van der Waals surface area contributed by atoms with Crippen molar-refractivity contribution >= 4 is 22.3 Å². The van der Waals surface area contributed by atoms with Crippen molar-refractivity contribution in [2.75, 3.05) is 0 Å². The maximum atomic E-state index is 12.7. The molecule has 0 aromatic heterocycles. The van der Waals surface area contributed by atoms with E-state index in [1.165, 1.54) is 0 Å². The molecule has 2 aliphatic rings. The molecule has 0 N–H and O–H groups in total. The van der Waals surface area contributed by atoms with E-state index in [-0.39, 0.29) is 12.8 Å². The topological polar surface area (TPSA) is 99.2 Å². The van der Waals surface area contributed by atoms with Crippen LogP contribution in [0.2, 0.25) is 0 Å². The molecule has 0 heterocycles. The number of hydrogen-bond donors (Lipinski definition) is 0. The molecule has 2 atom stereocenters. The van der Waals surface area contributed by atoms with Gasteiger partial charge in [-0.05, 0) is 60.0 Å². The predicted molar refractivity (Wildman–Crippen MR) is 93.9 cm³/mol. The summed E-state index contributed by atoms with van der Waals surface area (Å²) in [7, 11) is -5.85. The number of rotatable bonds is 3. The van der Waals surface area contributed by atoms with Gasteiger partial charge in [-0.1, -0.05) is 0 Å². The van der Waals surface area contributed by atoms with E-state index < -0.39 is 56.2 Å². The molecule has 2 amide bonds. The highest BCUT2D eigenvalue weighted by molar-refractivity contribution is 7.87. The van der Waals surface area contributed by atoms with Crippen molar-refractivity contribution in [1.82, 2.24) is 4.90 Å². The minimum Gasteiger partial charge on any atom is -0.443 e. The average Bonchev–Trinajstić information content (AvgIpc) is 2.94. The molecule has 0 aliphatic heterocycles. The number of alkyl halides is 3. The molecule has 1 saturated carbocycles. The highest BCUT2D eigenvalue weighted by Gasteiger charge is 2.66. The van der Waals surface area contributed by atoms with Crippen LogP contribution in [0.1, 0.15) is 54.4 Å². The molecule has 166 valence electrons. The van der Waals surface area contributed by atoms with Crippen molar-refractivity contribution in [2.45, 2.75) is 76.6 Å². The van der Waals surface area contributed by atoms with Crippen molar-refractivity contribution in [1.29, 1.82) is 0 Å². The number of carbonyl (C=O) groups is 2. The Morgan fingerprint density at radius 3 is 1.86 bits per heavy atom. The van der Waals surface area contributed by atoms with Gasteiger partial charge in [0.25, 0.3) is 0 Å². The SMILES string of the molecule is CC(C)(C)OC(=O)N(C(=O)OC(C)(C)C)C12C=C(OS(=O)(=O)C(F)(F)F)CC1C2. The van der Waals surface area contributed by atoms with Crippen molar-refractivity contribution in [2.24, 2.45) is 5.92 Å². The second-order valence-electron chi connectivity index (χ2n) is 8.99. The molecular weight excluding hydrogens is 419 g/mol. The van der Waals surface area contributed by atoms with Crippen LogP contribution in [0.25, 0.3) is 0 Å². The number of nitrogens with zero attached hydrogens (tertiary/aromatic N) is 1. The van der Waals surface area contributed by atoms with E-state index >= 15 is 0 Å². The van der Waals surface area contributed by atoms with Gasteiger partial charge in [-0.3, -0.25) is 0 Å². The van der Waals surface area contributed by atoms with Crippen LogP contribution in [-0.2, 0) is 23.8 Å². The number of ether oxygens (including phenoxy) is 2. The molecule has 1 fully saturated rings. The number of allylic oxidation sites excluding steroid dienone is 1. The number of hydrogen-bond acceptors (Lipinski definition) is 7. The van der Waals surface area contributed by atoms with Crippen molar-refractivity contribution in [3.05, 3.63) is 11.8 Å². The molecule has 29 heavy (non-hydrogen) atoms. The fraction of sp³-hybridized carbons (Fsp3) is 0.765. The van der Waals surface area contributed by atoms with Crippen LogP contribution >= 0.6 is 0 Å². The highest BCUT2D eigenvalue weighted by Crippen LogP contribution is 2.59. The number of imide groups is 1. The van der Waals surface area contributed by atoms with Gasteiger partial charge in [0.2, 0.25) is 0 Å². The standard InChI is InChI=1S/C17H24F3NO7S/c1-14(2,3)26-12(22)21(13(23)27-15(4,5)6)16-8-10(16)7-11(9-16)28-29(24,25)17(18,19)20/h9-10H,7-8H2,1-6H3. The lowest BCUT2D eigenvalue weighted by molar-refractivity contribution is -0.0523. The average molecular weight is 443 g/mol. The molecule has 0 aromatic rings. The fourth-order valence-electron chi connectivity index (χ4n) is 2.96. The van der Waals surface area contributed by atoms with Gasteiger partial charge in [-0.2, -0.15) is 21.6 Å². The van der Waals surface area contributed by atoms with Crippen molar-refractivity contribution in [3.63, 3.8) is 0 Å². The minimum absolute atomic E-state index is 0.183. The summed E-state index contributed by atoms with van der Waals surface area (Å²) < 4.78 is 74.9. The smallest absolute Gasteiger partial charge is 0.443 e. The predicted octanol–water partition coefficient (Wildman–Crippen LogP) is 4.07. The Morgan fingerprint density at radius 1 is 1.03 bits per heavy atom. The van der Waals surface area contributed by atoms with Crippen LogP contribution < -0.4 is 0 Å². The van der Waals surface area contributed by atoms with Gasteiger partial charge in [-0.15, -0.1) is 0 Å². The number of carbonyl (C=O) groups excluding carboxylic acids is 2. The largest absolute Gasteiger partial charge is 0.534 e. The van der Waals surface area contributed by atoms with Gasteiger partial charge in [0.05, 0.1) is 5.54 Å². The third-order valence-corrected chi connectivity index (χ3v) is 5.05. The molecule has 0 aromatic carbocycles. The Bertz CT molecular complexity index is 809. The van der Waals surface area contributed by atoms with Crippen LogP contribution in [0.4, 0.5) is 22.8 Å². The molecule has 12 heteroatoms. The monoisotopic (exact) mass is 443 g/mol. The van der Waals surface area contributed by atoms with E-state index in [0.29, 0.717) is 4.90 Å². The first-order valence-electron chi connectivity index (χ1n) is 8.76. The zero-order chi connectivity index (χ0) is 22.6. The summed E-state index contributed by atoms with van der Waals surface area (Å²) in [6, 6.07) is 0. The second-order valence-corrected chi connectivity index (χ2v) is 10.5. The van der Waals surface area contributed by atoms with Crippen LogP contribution in [-0.4, -0.2) is 47.8 Å². The molecular formula is C17H24F3NO7S. The molecule has 0 spiro atoms. The number of fused-ring (bicyclic) bond motifs is 1. The van der Waals surface area contributed by atoms with Crippen LogP contribution in [0.3, 0.4) is 0 Å². The maximum Gasteiger partial charge on any atom is 0.534 e. The van der Waals surface area contributed by atoms with Crippen LogP contribution in [0.5, 0.6) is 0 Å². The summed E-state index contributed by atoms with van der Waals surface area (Å²) in [6.45, 7) is 9.47. The molecule has 8 nitrogen and oxygen atoms in total. The zero-order valence-electron chi connectivity index (χ0n) is 16.9. The Labute approximate surface area is 167 Å². The van der Waals surface area contributed by atoms with Crippen LogP contribution in [0.15, 0.2) is 11.8 Å². The first-order valence-corrected chi connectivity index (χ1v) is 10.2. The van der Waals surface area contributed by atoms with E-state index in [1.807, 2.05) is 0 Å². The summed E-state index contributed by atoms with van der Waals surface area (Å²) in [4.78, 5) is 26.1. The van der Waals surface area contributed by atoms with E-state index in [2.05, 4.69) is 4.18 Å². The maximum absolute atomic E-state index is 12.7. The normalized spacial score (nSPS) is 24.3. The quantitative estimate of drug-likeness (QED) is 0.479. The zero-order valence-corrected chi connectivity index (χ0v) is 17.7. The molecule has 0 radical (unpaired) electrons. The van der Waals surface area contributed by atoms with E-state index in [9.17, 15) is 31.2 Å². The van der Waals surface area contributed by atoms with Gasteiger partial charge in [0.1, 0.15) is 17.0 Å². The van der Waals surface area contributed by atoms with Gasteiger partial charge in [0, 0.05) is 6.42 Å². The molecule has 2 unspecified atom stereocenters. The second kappa shape index (κ2) is 6.78. The fourth-order valence-corrected chi connectivity index (χ4v) is 3.45. The molecule has 2 rings (SSSR count). The van der Waals surface area contributed by atoms with Crippen LogP contribution in [0, 0.1) is 5.92 Å². The summed E-state index contributed by atoms with van der Waals surface area (Å²) in [5, 5.41) is 0. The third-order valence-electron chi connectivity index (χ3n) is 4.05. The number of halogens is 3. The van der Waals surface area contributed by atoms with Crippen molar-refractivity contribution < 1.29 is 44.8 Å². The minimum atomic E-state index is -5.85. The first-order chi connectivity index (χ1) is 12.8. The van der Waals surface area contributed by atoms with E-state index in [4.69, 9.17) is 9.47 Å². The highest BCUT2D eigenvalue weighted by atomic mass is 32.2. The first kappa shape index (κ1) is 23.3.